The Morgan fingerprint density at radius 3 is 2.57 bits per heavy atom. The highest BCUT2D eigenvalue weighted by Crippen LogP contribution is 2.28. The van der Waals surface area contributed by atoms with Crippen LogP contribution in [0.5, 0.6) is 0 Å². The summed E-state index contributed by atoms with van der Waals surface area (Å²) < 4.78 is 14.5. The van der Waals surface area contributed by atoms with Gasteiger partial charge in [0, 0.05) is 38.2 Å². The number of anilines is 2. The highest BCUT2D eigenvalue weighted by atomic mass is 19.1. The maximum atomic E-state index is 14.5. The molecule has 6 nitrogen and oxygen atoms in total. The fourth-order valence-corrected chi connectivity index (χ4v) is 3.97. The number of likely N-dealkylation sites (tertiary alicyclic amines) is 1. The van der Waals surface area contributed by atoms with E-state index in [-0.39, 0.29) is 29.8 Å². The summed E-state index contributed by atoms with van der Waals surface area (Å²) in [5.74, 6) is -1.50. The van der Waals surface area contributed by atoms with Crippen LogP contribution in [-0.4, -0.2) is 35.7 Å². The molecule has 0 radical (unpaired) electrons. The van der Waals surface area contributed by atoms with E-state index in [1.54, 1.807) is 11.0 Å². The van der Waals surface area contributed by atoms with Crippen LogP contribution in [0.2, 0.25) is 0 Å². The van der Waals surface area contributed by atoms with Gasteiger partial charge in [-0.15, -0.1) is 0 Å². The molecule has 2 aliphatic rings. The van der Waals surface area contributed by atoms with Gasteiger partial charge < -0.3 is 15.1 Å². The third-order valence-electron chi connectivity index (χ3n) is 5.66. The first-order valence-corrected chi connectivity index (χ1v) is 10.1. The zero-order chi connectivity index (χ0) is 21.3. The molecule has 2 saturated heterocycles. The van der Waals surface area contributed by atoms with Gasteiger partial charge in [-0.25, -0.2) is 4.39 Å². The first kappa shape index (κ1) is 20.1. The number of nitrogens with one attached hydrogen (secondary N) is 1. The molecule has 2 fully saturated rings. The Bertz CT molecular complexity index is 990. The molecule has 2 aromatic rings. The lowest BCUT2D eigenvalue weighted by Gasteiger charge is -2.18. The molecule has 1 atom stereocenters. The van der Waals surface area contributed by atoms with E-state index in [0.717, 1.165) is 11.1 Å². The van der Waals surface area contributed by atoms with Gasteiger partial charge in [-0.1, -0.05) is 29.8 Å². The molecule has 0 aromatic heterocycles. The van der Waals surface area contributed by atoms with Crippen LogP contribution in [0.25, 0.3) is 0 Å². The Kier molecular flexibility index (Phi) is 5.53. The molecule has 1 unspecified atom stereocenters. The van der Waals surface area contributed by atoms with Crippen LogP contribution in [0.1, 0.15) is 30.4 Å². The monoisotopic (exact) mass is 409 g/mol. The van der Waals surface area contributed by atoms with Gasteiger partial charge in [0.05, 0.1) is 11.6 Å². The van der Waals surface area contributed by atoms with Gasteiger partial charge in [0.1, 0.15) is 5.82 Å². The molecule has 0 spiro atoms. The van der Waals surface area contributed by atoms with Crippen molar-refractivity contribution in [2.45, 2.75) is 32.7 Å². The van der Waals surface area contributed by atoms with Crippen molar-refractivity contribution in [3.8, 4) is 0 Å². The number of hydrogen-bond donors (Lipinski definition) is 1. The Hall–Kier alpha value is -3.22. The quantitative estimate of drug-likeness (QED) is 0.824. The summed E-state index contributed by atoms with van der Waals surface area (Å²) in [6.07, 6.45) is 1.28. The third kappa shape index (κ3) is 4.20. The highest BCUT2D eigenvalue weighted by molar-refractivity contribution is 5.98. The normalized spacial score (nSPS) is 18.9. The van der Waals surface area contributed by atoms with E-state index in [1.165, 1.54) is 17.0 Å². The van der Waals surface area contributed by atoms with E-state index in [4.69, 9.17) is 0 Å². The van der Waals surface area contributed by atoms with E-state index in [9.17, 15) is 18.8 Å². The second-order valence-electron chi connectivity index (χ2n) is 7.97. The zero-order valence-electron chi connectivity index (χ0n) is 16.9. The number of carbonyl (C=O) groups is 3. The van der Waals surface area contributed by atoms with E-state index < -0.39 is 11.7 Å². The summed E-state index contributed by atoms with van der Waals surface area (Å²) >= 11 is 0. The molecule has 4 rings (SSSR count). The highest BCUT2D eigenvalue weighted by Gasteiger charge is 2.34. The Balaban J connectivity index is 1.38. The van der Waals surface area contributed by atoms with Crippen molar-refractivity contribution in [2.75, 3.05) is 23.3 Å². The molecule has 7 heteroatoms. The van der Waals surface area contributed by atoms with Crippen molar-refractivity contribution in [1.82, 2.24) is 4.90 Å². The number of nitrogens with zero attached hydrogens (tertiary/aromatic N) is 2. The van der Waals surface area contributed by atoms with E-state index >= 15 is 0 Å². The summed E-state index contributed by atoms with van der Waals surface area (Å²) in [7, 11) is 0. The molecule has 2 aliphatic heterocycles. The first-order chi connectivity index (χ1) is 14.4. The second kappa shape index (κ2) is 8.26. The molecule has 3 amide bonds. The molecule has 2 aromatic carbocycles. The van der Waals surface area contributed by atoms with Gasteiger partial charge >= 0.3 is 0 Å². The van der Waals surface area contributed by atoms with Crippen molar-refractivity contribution in [3.05, 3.63) is 59.4 Å². The van der Waals surface area contributed by atoms with Crippen LogP contribution in [0, 0.1) is 18.7 Å². The smallest absolute Gasteiger partial charge is 0.229 e. The largest absolute Gasteiger partial charge is 0.338 e. The fraction of sp³-hybridized carbons (Fsp3) is 0.348. The van der Waals surface area contributed by atoms with Gasteiger partial charge in [-0.3, -0.25) is 14.4 Å². The lowest BCUT2D eigenvalue weighted by atomic mass is 10.1. The van der Waals surface area contributed by atoms with Gasteiger partial charge in [0.25, 0.3) is 0 Å². The molecule has 2 heterocycles. The number of aryl methyl sites for hydroxylation is 1. The molecule has 156 valence electrons. The average Bonchev–Trinajstić information content (AvgIpc) is 3.30. The molecule has 0 bridgehead atoms. The number of amides is 3. The van der Waals surface area contributed by atoms with Crippen molar-refractivity contribution < 1.29 is 18.8 Å². The topological polar surface area (TPSA) is 69.7 Å². The summed E-state index contributed by atoms with van der Waals surface area (Å²) in [6, 6.07) is 12.3. The number of halogens is 1. The molecule has 1 N–H and O–H groups in total. The summed E-state index contributed by atoms with van der Waals surface area (Å²) in [6.45, 7) is 3.31. The standard InChI is InChI=1S/C23H24FN3O3/c1-15-4-6-16(7-5-15)13-26-14-17(11-22(26)29)23(30)25-18-8-9-20(19(24)12-18)27-10-2-3-21(27)28/h4-9,12,17H,2-3,10-11,13-14H2,1H3,(H,25,30). The van der Waals surface area contributed by atoms with Gasteiger partial charge in [0.2, 0.25) is 17.7 Å². The molecular formula is C23H24FN3O3. The van der Waals surface area contributed by atoms with Gasteiger partial charge in [-0.05, 0) is 37.1 Å². The maximum Gasteiger partial charge on any atom is 0.229 e. The Labute approximate surface area is 174 Å². The minimum absolute atomic E-state index is 0.0650. The number of rotatable bonds is 5. The van der Waals surface area contributed by atoms with Gasteiger partial charge in [-0.2, -0.15) is 0 Å². The van der Waals surface area contributed by atoms with Crippen molar-refractivity contribution >= 4 is 29.1 Å². The minimum atomic E-state index is -0.549. The summed E-state index contributed by atoms with van der Waals surface area (Å²) in [5.41, 5.74) is 2.72. The van der Waals surface area contributed by atoms with Crippen LogP contribution in [0.15, 0.2) is 42.5 Å². The summed E-state index contributed by atoms with van der Waals surface area (Å²) in [5, 5.41) is 2.70. The lowest BCUT2D eigenvalue weighted by Crippen LogP contribution is -2.28. The summed E-state index contributed by atoms with van der Waals surface area (Å²) in [4.78, 5) is 39.9. The first-order valence-electron chi connectivity index (χ1n) is 10.1. The molecular weight excluding hydrogens is 385 g/mol. The molecule has 30 heavy (non-hydrogen) atoms. The van der Waals surface area contributed by atoms with Crippen LogP contribution in [-0.2, 0) is 20.9 Å². The third-order valence-corrected chi connectivity index (χ3v) is 5.66. The predicted octanol–water partition coefficient (Wildman–Crippen LogP) is 3.25. The second-order valence-corrected chi connectivity index (χ2v) is 7.97. The fourth-order valence-electron chi connectivity index (χ4n) is 3.97. The number of hydrogen-bond acceptors (Lipinski definition) is 3. The predicted molar refractivity (Wildman–Crippen MR) is 111 cm³/mol. The van der Waals surface area contributed by atoms with Crippen LogP contribution in [0.3, 0.4) is 0 Å². The number of carbonyl (C=O) groups excluding carboxylic acids is 3. The van der Waals surface area contributed by atoms with E-state index in [2.05, 4.69) is 5.32 Å². The van der Waals surface area contributed by atoms with Crippen molar-refractivity contribution in [3.63, 3.8) is 0 Å². The average molecular weight is 409 g/mol. The van der Waals surface area contributed by atoms with E-state index in [0.29, 0.717) is 38.2 Å². The van der Waals surface area contributed by atoms with Crippen LogP contribution >= 0.6 is 0 Å². The Morgan fingerprint density at radius 1 is 1.13 bits per heavy atom. The van der Waals surface area contributed by atoms with Crippen molar-refractivity contribution in [2.24, 2.45) is 5.92 Å². The zero-order valence-corrected chi connectivity index (χ0v) is 16.9. The number of benzene rings is 2. The SMILES string of the molecule is Cc1ccc(CN2CC(C(=O)Nc3ccc(N4CCCC4=O)c(F)c3)CC2=O)cc1. The molecule has 0 saturated carbocycles. The molecule has 0 aliphatic carbocycles. The van der Waals surface area contributed by atoms with Crippen LogP contribution in [0.4, 0.5) is 15.8 Å². The van der Waals surface area contributed by atoms with E-state index in [1.807, 2.05) is 31.2 Å². The van der Waals surface area contributed by atoms with Gasteiger partial charge in [0.15, 0.2) is 0 Å². The Morgan fingerprint density at radius 2 is 1.90 bits per heavy atom. The van der Waals surface area contributed by atoms with Crippen molar-refractivity contribution in [1.29, 1.82) is 0 Å². The lowest BCUT2D eigenvalue weighted by molar-refractivity contribution is -0.128. The van der Waals surface area contributed by atoms with Crippen LogP contribution < -0.4 is 10.2 Å². The maximum absolute atomic E-state index is 14.5. The minimum Gasteiger partial charge on any atom is -0.338 e.